The van der Waals surface area contributed by atoms with Gasteiger partial charge in [0.15, 0.2) is 0 Å². The van der Waals surface area contributed by atoms with Gasteiger partial charge in [0.25, 0.3) is 0 Å². The van der Waals surface area contributed by atoms with Crippen LogP contribution in [0.5, 0.6) is 0 Å². The summed E-state index contributed by atoms with van der Waals surface area (Å²) in [4.78, 5) is 0. The fraction of sp³-hybridized carbons (Fsp3) is 0.667. The first-order valence-electron chi connectivity index (χ1n) is 7.71. The first-order valence-corrected chi connectivity index (χ1v) is 7.71. The van der Waals surface area contributed by atoms with Crippen molar-refractivity contribution in [3.05, 3.63) is 35.5 Å². The molecule has 0 radical (unpaired) electrons. The maximum Gasteiger partial charge on any atom is -0.0136 e. The highest BCUT2D eigenvalue weighted by molar-refractivity contribution is 5.16. The van der Waals surface area contributed by atoms with Crippen molar-refractivity contribution in [2.24, 2.45) is 17.8 Å². The average molecular weight is 244 g/mol. The van der Waals surface area contributed by atoms with Gasteiger partial charge in [-0.2, -0.15) is 0 Å². The monoisotopic (exact) mass is 244 g/mol. The highest BCUT2D eigenvalue weighted by Gasteiger charge is 2.35. The van der Waals surface area contributed by atoms with E-state index in [1.54, 1.807) is 11.1 Å². The summed E-state index contributed by atoms with van der Waals surface area (Å²) in [5.41, 5.74) is 3.21. The van der Waals surface area contributed by atoms with Crippen molar-refractivity contribution in [3.63, 3.8) is 0 Å². The Hall–Kier alpha value is -0.780. The molecule has 1 fully saturated rings. The summed E-state index contributed by atoms with van der Waals surface area (Å²) in [6, 6.07) is 0. The Balaban J connectivity index is 1.83. The summed E-state index contributed by atoms with van der Waals surface area (Å²) >= 11 is 0. The van der Waals surface area contributed by atoms with Gasteiger partial charge in [0.1, 0.15) is 0 Å². The average Bonchev–Trinajstić information content (AvgIpc) is 2.96. The van der Waals surface area contributed by atoms with Crippen LogP contribution in [0.25, 0.3) is 0 Å². The molecular weight excluding hydrogens is 216 g/mol. The lowest BCUT2D eigenvalue weighted by molar-refractivity contribution is 0.441. The molecule has 0 heteroatoms. The van der Waals surface area contributed by atoms with Gasteiger partial charge in [0.2, 0.25) is 0 Å². The molecule has 1 saturated carbocycles. The molecule has 0 spiro atoms. The van der Waals surface area contributed by atoms with E-state index in [9.17, 15) is 0 Å². The number of hydrogen-bond acceptors (Lipinski definition) is 0. The molecule has 0 nitrogen and oxygen atoms in total. The minimum Gasteiger partial charge on any atom is -0.0881 e. The Morgan fingerprint density at radius 3 is 2.67 bits per heavy atom. The lowest BCUT2D eigenvalue weighted by atomic mass is 9.86. The molecule has 0 aliphatic heterocycles. The second-order valence-electron chi connectivity index (χ2n) is 6.20. The van der Waals surface area contributed by atoms with Crippen LogP contribution in [-0.2, 0) is 0 Å². The van der Waals surface area contributed by atoms with Crippen LogP contribution in [-0.4, -0.2) is 0 Å². The number of hydrogen-bond donors (Lipinski definition) is 0. The summed E-state index contributed by atoms with van der Waals surface area (Å²) in [5, 5.41) is 0. The predicted molar refractivity (Wildman–Crippen MR) is 80.5 cm³/mol. The molecule has 2 bridgehead atoms. The third-order valence-electron chi connectivity index (χ3n) is 4.71. The lowest BCUT2D eigenvalue weighted by Gasteiger charge is -2.19. The van der Waals surface area contributed by atoms with Crippen LogP contribution in [0.2, 0.25) is 0 Å². The number of fused-ring (bicyclic) bond motifs is 2. The zero-order valence-electron chi connectivity index (χ0n) is 12.3. The molecule has 0 aromatic heterocycles. The van der Waals surface area contributed by atoms with Gasteiger partial charge in [-0.3, -0.25) is 0 Å². The van der Waals surface area contributed by atoms with Gasteiger partial charge >= 0.3 is 0 Å². The van der Waals surface area contributed by atoms with Crippen LogP contribution in [0.3, 0.4) is 0 Å². The zero-order chi connectivity index (χ0) is 13.0. The lowest BCUT2D eigenvalue weighted by Crippen LogP contribution is -2.07. The van der Waals surface area contributed by atoms with Gasteiger partial charge in [-0.25, -0.2) is 0 Å². The number of rotatable bonds is 6. The fourth-order valence-electron chi connectivity index (χ4n) is 3.59. The van der Waals surface area contributed by atoms with Crippen LogP contribution in [0.15, 0.2) is 35.5 Å². The molecule has 2 aliphatic rings. The summed E-state index contributed by atoms with van der Waals surface area (Å²) < 4.78 is 0. The van der Waals surface area contributed by atoms with Gasteiger partial charge in [0, 0.05) is 0 Å². The SMILES string of the molecule is C/C=C(\C/C=C(\C)CCC)CC1CC2C=CC1C2. The first kappa shape index (κ1) is 13.6. The highest BCUT2D eigenvalue weighted by Crippen LogP contribution is 2.46. The van der Waals surface area contributed by atoms with E-state index in [1.807, 2.05) is 0 Å². The fourth-order valence-corrected chi connectivity index (χ4v) is 3.59. The van der Waals surface area contributed by atoms with Crippen LogP contribution >= 0.6 is 0 Å². The Bertz CT molecular complexity index is 356. The summed E-state index contributed by atoms with van der Waals surface area (Å²) in [6.45, 7) is 6.74. The Labute approximate surface area is 113 Å². The van der Waals surface area contributed by atoms with E-state index >= 15 is 0 Å². The van der Waals surface area contributed by atoms with Crippen LogP contribution < -0.4 is 0 Å². The van der Waals surface area contributed by atoms with Gasteiger partial charge < -0.3 is 0 Å². The molecule has 3 atom stereocenters. The topological polar surface area (TPSA) is 0 Å². The zero-order valence-corrected chi connectivity index (χ0v) is 12.3. The normalized spacial score (nSPS) is 31.4. The minimum absolute atomic E-state index is 0.894. The largest absolute Gasteiger partial charge is 0.0881 e. The third-order valence-corrected chi connectivity index (χ3v) is 4.71. The quantitative estimate of drug-likeness (QED) is 0.528. The second-order valence-corrected chi connectivity index (χ2v) is 6.20. The molecule has 0 saturated heterocycles. The molecule has 3 unspecified atom stereocenters. The van der Waals surface area contributed by atoms with Crippen molar-refractivity contribution < 1.29 is 0 Å². The van der Waals surface area contributed by atoms with Crippen LogP contribution in [0.4, 0.5) is 0 Å². The van der Waals surface area contributed by atoms with Crippen molar-refractivity contribution >= 4 is 0 Å². The van der Waals surface area contributed by atoms with E-state index in [1.165, 1.54) is 38.5 Å². The van der Waals surface area contributed by atoms with Crippen LogP contribution in [0.1, 0.15) is 59.3 Å². The molecule has 0 aromatic carbocycles. The van der Waals surface area contributed by atoms with E-state index < -0.39 is 0 Å². The van der Waals surface area contributed by atoms with Gasteiger partial charge in [-0.05, 0) is 63.7 Å². The van der Waals surface area contributed by atoms with Gasteiger partial charge in [-0.15, -0.1) is 0 Å². The van der Waals surface area contributed by atoms with Crippen molar-refractivity contribution in [1.29, 1.82) is 0 Å². The van der Waals surface area contributed by atoms with Crippen molar-refractivity contribution in [1.82, 2.24) is 0 Å². The molecule has 2 rings (SSSR count). The van der Waals surface area contributed by atoms with E-state index in [0.717, 1.165) is 17.8 Å². The molecule has 2 aliphatic carbocycles. The predicted octanol–water partition coefficient (Wildman–Crippen LogP) is 5.67. The van der Waals surface area contributed by atoms with Crippen molar-refractivity contribution in [2.45, 2.75) is 59.3 Å². The molecular formula is C18H28. The third kappa shape index (κ3) is 3.37. The standard InChI is InChI=1S/C18H28/c1-4-6-14(3)7-8-15(5-2)11-18-13-16-9-10-17(18)12-16/h5,7,9-10,16-18H,4,6,8,11-13H2,1-3H3/b14-7+,15-5+. The second kappa shape index (κ2) is 6.41. The molecule has 18 heavy (non-hydrogen) atoms. The van der Waals surface area contributed by atoms with E-state index in [-0.39, 0.29) is 0 Å². The van der Waals surface area contributed by atoms with Gasteiger partial charge in [-0.1, -0.05) is 48.8 Å². The highest BCUT2D eigenvalue weighted by atomic mass is 14.4. The summed E-state index contributed by atoms with van der Waals surface area (Å²) in [7, 11) is 0. The molecule has 100 valence electrons. The van der Waals surface area contributed by atoms with Crippen LogP contribution in [0, 0.1) is 17.8 Å². The molecule has 0 aromatic rings. The Morgan fingerprint density at radius 1 is 1.28 bits per heavy atom. The number of allylic oxidation sites excluding steroid dienone is 6. The minimum atomic E-state index is 0.894. The Kier molecular flexibility index (Phi) is 4.86. The first-order chi connectivity index (χ1) is 8.72. The molecule has 0 N–H and O–H groups in total. The van der Waals surface area contributed by atoms with E-state index in [4.69, 9.17) is 0 Å². The van der Waals surface area contributed by atoms with Gasteiger partial charge in [0.05, 0.1) is 0 Å². The summed E-state index contributed by atoms with van der Waals surface area (Å²) in [5.74, 6) is 2.74. The molecule has 0 amide bonds. The Morgan fingerprint density at radius 2 is 2.11 bits per heavy atom. The summed E-state index contributed by atoms with van der Waals surface area (Å²) in [6.07, 6.45) is 17.6. The van der Waals surface area contributed by atoms with E-state index in [2.05, 4.69) is 45.1 Å². The molecule has 0 heterocycles. The maximum absolute atomic E-state index is 2.48. The smallest absolute Gasteiger partial charge is 0.0136 e. The van der Waals surface area contributed by atoms with E-state index in [0.29, 0.717) is 0 Å². The van der Waals surface area contributed by atoms with Crippen molar-refractivity contribution in [2.75, 3.05) is 0 Å². The maximum atomic E-state index is 2.48. The van der Waals surface area contributed by atoms with Crippen molar-refractivity contribution in [3.8, 4) is 0 Å².